The summed E-state index contributed by atoms with van der Waals surface area (Å²) in [7, 11) is 0. The summed E-state index contributed by atoms with van der Waals surface area (Å²) in [6.45, 7) is 10.5. The Morgan fingerprint density at radius 2 is 1.95 bits per heavy atom. The number of carbonyl (C=O) groups is 1. The van der Waals surface area contributed by atoms with E-state index in [1.807, 2.05) is 18.7 Å². The Balaban J connectivity index is 2.02. The van der Waals surface area contributed by atoms with Crippen molar-refractivity contribution in [3.05, 3.63) is 0 Å². The van der Waals surface area contributed by atoms with Crippen molar-refractivity contribution in [1.29, 1.82) is 0 Å². The molecular weight excluding hydrogens is 240 g/mol. The van der Waals surface area contributed by atoms with Gasteiger partial charge in [-0.15, -0.1) is 0 Å². The fourth-order valence-corrected chi connectivity index (χ4v) is 3.47. The molecule has 0 aromatic rings. The van der Waals surface area contributed by atoms with Crippen molar-refractivity contribution in [1.82, 2.24) is 4.90 Å². The summed E-state index contributed by atoms with van der Waals surface area (Å²) < 4.78 is 5.68. The van der Waals surface area contributed by atoms with Crippen LogP contribution >= 0.6 is 0 Å². The normalized spacial score (nSPS) is 39.1. The predicted octanol–water partition coefficient (Wildman–Crippen LogP) is 1.63. The summed E-state index contributed by atoms with van der Waals surface area (Å²) in [5.74, 6) is 1.35. The molecule has 110 valence electrons. The molecule has 0 aromatic heterocycles. The van der Waals surface area contributed by atoms with Gasteiger partial charge in [0.25, 0.3) is 0 Å². The molecule has 2 rings (SSSR count). The Morgan fingerprint density at radius 3 is 2.58 bits per heavy atom. The Morgan fingerprint density at radius 1 is 1.26 bits per heavy atom. The van der Waals surface area contributed by atoms with E-state index >= 15 is 0 Å². The molecule has 2 fully saturated rings. The van der Waals surface area contributed by atoms with Crippen LogP contribution in [0.5, 0.6) is 0 Å². The summed E-state index contributed by atoms with van der Waals surface area (Å²) in [6.07, 6.45) is 1.89. The van der Waals surface area contributed by atoms with Gasteiger partial charge in [-0.2, -0.15) is 0 Å². The second-order valence-electron chi connectivity index (χ2n) is 7.06. The van der Waals surface area contributed by atoms with Crippen LogP contribution < -0.4 is 5.73 Å². The molecule has 4 heteroatoms. The average molecular weight is 268 g/mol. The molecule has 0 radical (unpaired) electrons. The van der Waals surface area contributed by atoms with Gasteiger partial charge in [0.2, 0.25) is 5.91 Å². The van der Waals surface area contributed by atoms with Gasteiger partial charge >= 0.3 is 0 Å². The van der Waals surface area contributed by atoms with Gasteiger partial charge in [0.15, 0.2) is 0 Å². The smallest absolute Gasteiger partial charge is 0.226 e. The van der Waals surface area contributed by atoms with Crippen LogP contribution in [-0.2, 0) is 9.53 Å². The number of morpholine rings is 1. The van der Waals surface area contributed by atoms with Crippen molar-refractivity contribution in [3.8, 4) is 0 Å². The maximum absolute atomic E-state index is 12.7. The zero-order valence-electron chi connectivity index (χ0n) is 12.7. The Hall–Kier alpha value is -0.610. The van der Waals surface area contributed by atoms with Gasteiger partial charge in [0.05, 0.1) is 12.2 Å². The Bertz CT molecular complexity index is 343. The quantitative estimate of drug-likeness (QED) is 0.786. The number of carbonyl (C=O) groups excluding carboxylic acids is 1. The number of amides is 1. The van der Waals surface area contributed by atoms with Crippen molar-refractivity contribution in [2.45, 2.75) is 52.2 Å². The minimum Gasteiger partial charge on any atom is -0.372 e. The van der Waals surface area contributed by atoms with E-state index in [1.54, 1.807) is 0 Å². The summed E-state index contributed by atoms with van der Waals surface area (Å²) >= 11 is 0. The number of nitrogens with zero attached hydrogens (tertiary/aromatic N) is 1. The molecule has 1 saturated heterocycles. The zero-order valence-corrected chi connectivity index (χ0v) is 12.7. The first kappa shape index (κ1) is 14.8. The molecule has 4 atom stereocenters. The topological polar surface area (TPSA) is 55.6 Å². The van der Waals surface area contributed by atoms with Crippen LogP contribution in [-0.4, -0.2) is 42.1 Å². The van der Waals surface area contributed by atoms with Crippen LogP contribution in [0.2, 0.25) is 0 Å². The van der Waals surface area contributed by atoms with E-state index in [0.29, 0.717) is 25.0 Å². The molecule has 1 heterocycles. The predicted molar refractivity (Wildman–Crippen MR) is 75.6 cm³/mol. The maximum Gasteiger partial charge on any atom is 0.226 e. The number of hydrogen-bond donors (Lipinski definition) is 1. The fourth-order valence-electron chi connectivity index (χ4n) is 3.47. The summed E-state index contributed by atoms with van der Waals surface area (Å²) in [6, 6.07) is 0.166. The average Bonchev–Trinajstić information content (AvgIpc) is 2.31. The highest BCUT2D eigenvalue weighted by Crippen LogP contribution is 2.34. The highest BCUT2D eigenvalue weighted by atomic mass is 16.5. The van der Waals surface area contributed by atoms with Crippen molar-refractivity contribution >= 4 is 5.91 Å². The van der Waals surface area contributed by atoms with E-state index in [2.05, 4.69) is 13.8 Å². The molecule has 2 aliphatic rings. The third-order valence-electron chi connectivity index (χ3n) is 4.74. The monoisotopic (exact) mass is 268 g/mol. The molecule has 19 heavy (non-hydrogen) atoms. The number of hydrogen-bond acceptors (Lipinski definition) is 3. The third-order valence-corrected chi connectivity index (χ3v) is 4.74. The van der Waals surface area contributed by atoms with E-state index in [1.165, 1.54) is 0 Å². The lowest BCUT2D eigenvalue weighted by molar-refractivity contribution is -0.153. The second kappa shape index (κ2) is 5.41. The molecule has 0 bridgehead atoms. The standard InChI is InChI=1S/C15H28N2O2/c1-10-7-11(2)13(16)8-12(10)14(18)17-5-6-19-15(3,4)9-17/h10-13H,5-9,16H2,1-4H3. The van der Waals surface area contributed by atoms with Gasteiger partial charge in [-0.3, -0.25) is 4.79 Å². The third kappa shape index (κ3) is 3.29. The molecule has 2 N–H and O–H groups in total. The lowest BCUT2D eigenvalue weighted by atomic mass is 9.72. The molecular formula is C15H28N2O2. The minimum atomic E-state index is -0.221. The first-order valence-corrected chi connectivity index (χ1v) is 7.48. The Labute approximate surface area is 116 Å². The van der Waals surface area contributed by atoms with Crippen LogP contribution in [0.4, 0.5) is 0 Å². The van der Waals surface area contributed by atoms with Crippen molar-refractivity contribution < 1.29 is 9.53 Å². The summed E-state index contributed by atoms with van der Waals surface area (Å²) in [5.41, 5.74) is 5.94. The van der Waals surface area contributed by atoms with Crippen LogP contribution in [0, 0.1) is 17.8 Å². The fraction of sp³-hybridized carbons (Fsp3) is 0.933. The SMILES string of the molecule is CC1CC(C)C(C(=O)N2CCOC(C)(C)C2)CC1N. The van der Waals surface area contributed by atoms with E-state index in [0.717, 1.165) is 19.4 Å². The summed E-state index contributed by atoms with van der Waals surface area (Å²) in [4.78, 5) is 14.7. The first-order valence-electron chi connectivity index (χ1n) is 7.48. The lowest BCUT2D eigenvalue weighted by Crippen LogP contribution is -2.54. The molecule has 1 aliphatic carbocycles. The molecule has 1 saturated carbocycles. The van der Waals surface area contributed by atoms with E-state index < -0.39 is 0 Å². The maximum atomic E-state index is 12.7. The van der Waals surface area contributed by atoms with Gasteiger partial charge in [-0.25, -0.2) is 0 Å². The van der Waals surface area contributed by atoms with Gasteiger partial charge < -0.3 is 15.4 Å². The van der Waals surface area contributed by atoms with E-state index in [9.17, 15) is 4.79 Å². The van der Waals surface area contributed by atoms with Crippen LogP contribution in [0.15, 0.2) is 0 Å². The van der Waals surface area contributed by atoms with E-state index in [4.69, 9.17) is 10.5 Å². The van der Waals surface area contributed by atoms with Crippen molar-refractivity contribution in [2.24, 2.45) is 23.5 Å². The van der Waals surface area contributed by atoms with Crippen molar-refractivity contribution in [3.63, 3.8) is 0 Å². The largest absolute Gasteiger partial charge is 0.372 e. The summed E-state index contributed by atoms with van der Waals surface area (Å²) in [5, 5.41) is 0. The highest BCUT2D eigenvalue weighted by molar-refractivity contribution is 5.79. The number of rotatable bonds is 1. The second-order valence-corrected chi connectivity index (χ2v) is 7.06. The number of ether oxygens (including phenoxy) is 1. The lowest BCUT2D eigenvalue weighted by Gasteiger charge is -2.43. The molecule has 1 aliphatic heterocycles. The Kier molecular flexibility index (Phi) is 4.21. The molecule has 4 nitrogen and oxygen atoms in total. The molecule has 0 spiro atoms. The van der Waals surface area contributed by atoms with Crippen LogP contribution in [0.3, 0.4) is 0 Å². The van der Waals surface area contributed by atoms with Crippen LogP contribution in [0.1, 0.15) is 40.5 Å². The molecule has 0 aromatic carbocycles. The van der Waals surface area contributed by atoms with Gasteiger partial charge in [-0.05, 0) is 38.5 Å². The van der Waals surface area contributed by atoms with Crippen molar-refractivity contribution in [2.75, 3.05) is 19.7 Å². The van der Waals surface area contributed by atoms with Gasteiger partial charge in [-0.1, -0.05) is 13.8 Å². The minimum absolute atomic E-state index is 0.0973. The zero-order chi connectivity index (χ0) is 14.2. The van der Waals surface area contributed by atoms with Gasteiger partial charge in [0, 0.05) is 25.0 Å². The highest BCUT2D eigenvalue weighted by Gasteiger charge is 2.39. The van der Waals surface area contributed by atoms with E-state index in [-0.39, 0.29) is 23.5 Å². The molecule has 1 amide bonds. The number of nitrogens with two attached hydrogens (primary N) is 1. The molecule has 4 unspecified atom stereocenters. The van der Waals surface area contributed by atoms with Crippen LogP contribution in [0.25, 0.3) is 0 Å². The first-order chi connectivity index (χ1) is 8.80. The van der Waals surface area contributed by atoms with Gasteiger partial charge in [0.1, 0.15) is 0 Å².